The molecule has 110 valence electrons. The van der Waals surface area contributed by atoms with Crippen molar-refractivity contribution in [3.05, 3.63) is 64.7 Å². The highest BCUT2D eigenvalue weighted by atomic mass is 16.5. The molecule has 0 aliphatic carbocycles. The molecule has 0 radical (unpaired) electrons. The smallest absolute Gasteiger partial charge is 0.250 e. The number of ether oxygens (including phenoxy) is 1. The van der Waals surface area contributed by atoms with E-state index in [2.05, 4.69) is 21.4 Å². The molecule has 4 rings (SSSR count). The van der Waals surface area contributed by atoms with E-state index in [-0.39, 0.29) is 11.5 Å². The van der Waals surface area contributed by atoms with Gasteiger partial charge in [0.1, 0.15) is 5.75 Å². The molecule has 1 aliphatic rings. The van der Waals surface area contributed by atoms with Gasteiger partial charge in [0.15, 0.2) is 0 Å². The first-order valence-corrected chi connectivity index (χ1v) is 7.24. The van der Waals surface area contributed by atoms with Gasteiger partial charge < -0.3 is 15.0 Å². The molecule has 3 heterocycles. The van der Waals surface area contributed by atoms with Gasteiger partial charge in [-0.3, -0.25) is 9.78 Å². The average Bonchev–Trinajstić information content (AvgIpc) is 2.96. The molecule has 1 atom stereocenters. The van der Waals surface area contributed by atoms with Gasteiger partial charge in [0.25, 0.3) is 5.56 Å². The lowest BCUT2D eigenvalue weighted by Gasteiger charge is -2.13. The van der Waals surface area contributed by atoms with Crippen LogP contribution in [0.1, 0.15) is 11.5 Å². The lowest BCUT2D eigenvalue weighted by Crippen LogP contribution is -2.16. The van der Waals surface area contributed by atoms with E-state index < -0.39 is 0 Å². The summed E-state index contributed by atoms with van der Waals surface area (Å²) in [5, 5.41) is 4.34. The molecule has 1 unspecified atom stereocenters. The van der Waals surface area contributed by atoms with Gasteiger partial charge in [0.05, 0.1) is 18.3 Å². The summed E-state index contributed by atoms with van der Waals surface area (Å²) in [5.41, 5.74) is 2.64. The summed E-state index contributed by atoms with van der Waals surface area (Å²) in [7, 11) is 0. The Bertz CT molecular complexity index is 888. The second-order valence-corrected chi connectivity index (χ2v) is 5.40. The second kappa shape index (κ2) is 5.18. The number of aromatic nitrogens is 2. The second-order valence-electron chi connectivity index (χ2n) is 5.40. The van der Waals surface area contributed by atoms with Crippen molar-refractivity contribution < 1.29 is 4.74 Å². The number of fused-ring (bicyclic) bond motifs is 2. The van der Waals surface area contributed by atoms with E-state index in [0.29, 0.717) is 6.61 Å². The molecule has 0 spiro atoms. The Morgan fingerprint density at radius 3 is 3.18 bits per heavy atom. The maximum Gasteiger partial charge on any atom is 0.250 e. The number of nitrogens with one attached hydrogen (secondary N) is 2. The fourth-order valence-electron chi connectivity index (χ4n) is 2.88. The Balaban J connectivity index is 1.62. The molecular formula is C17H15N3O2. The summed E-state index contributed by atoms with van der Waals surface area (Å²) in [5.74, 6) is 1.24. The molecule has 5 heteroatoms. The van der Waals surface area contributed by atoms with Crippen LogP contribution in [0.2, 0.25) is 0 Å². The van der Waals surface area contributed by atoms with Crippen LogP contribution in [-0.2, 0) is 0 Å². The SMILES string of the molecule is O=c1cc(NCC2COc3ccccc32)c2ccncc2[nH]1. The van der Waals surface area contributed by atoms with Gasteiger partial charge in [0, 0.05) is 41.4 Å². The Morgan fingerprint density at radius 1 is 1.32 bits per heavy atom. The largest absolute Gasteiger partial charge is 0.493 e. The van der Waals surface area contributed by atoms with Crippen LogP contribution in [0.3, 0.4) is 0 Å². The number of hydrogen-bond donors (Lipinski definition) is 2. The first kappa shape index (κ1) is 12.9. The van der Waals surface area contributed by atoms with Crippen LogP contribution < -0.4 is 15.6 Å². The van der Waals surface area contributed by atoms with Crippen molar-refractivity contribution in [2.24, 2.45) is 0 Å². The maximum atomic E-state index is 11.8. The number of aromatic amines is 1. The van der Waals surface area contributed by atoms with Crippen LogP contribution >= 0.6 is 0 Å². The highest BCUT2D eigenvalue weighted by Gasteiger charge is 2.23. The van der Waals surface area contributed by atoms with Crippen molar-refractivity contribution in [3.63, 3.8) is 0 Å². The molecule has 2 N–H and O–H groups in total. The summed E-state index contributed by atoms with van der Waals surface area (Å²) in [4.78, 5) is 18.6. The molecular weight excluding hydrogens is 278 g/mol. The predicted molar refractivity (Wildman–Crippen MR) is 85.5 cm³/mol. The van der Waals surface area contributed by atoms with Crippen LogP contribution in [0.15, 0.2) is 53.6 Å². The van der Waals surface area contributed by atoms with Crippen molar-refractivity contribution in [3.8, 4) is 5.75 Å². The van der Waals surface area contributed by atoms with Gasteiger partial charge in [-0.1, -0.05) is 18.2 Å². The summed E-state index contributed by atoms with van der Waals surface area (Å²) in [6.45, 7) is 1.38. The fraction of sp³-hybridized carbons (Fsp3) is 0.176. The molecule has 5 nitrogen and oxygen atoms in total. The van der Waals surface area contributed by atoms with Crippen LogP contribution in [0.5, 0.6) is 5.75 Å². The van der Waals surface area contributed by atoms with E-state index in [9.17, 15) is 4.79 Å². The molecule has 0 saturated heterocycles. The van der Waals surface area contributed by atoms with Crippen molar-refractivity contribution in [1.82, 2.24) is 9.97 Å². The quantitative estimate of drug-likeness (QED) is 0.778. The van der Waals surface area contributed by atoms with E-state index in [0.717, 1.165) is 28.9 Å². The molecule has 22 heavy (non-hydrogen) atoms. The van der Waals surface area contributed by atoms with E-state index in [1.165, 1.54) is 5.56 Å². The zero-order valence-electron chi connectivity index (χ0n) is 11.9. The standard InChI is InChI=1S/C17H15N3O2/c21-17-7-14(13-5-6-18-9-15(13)20-17)19-8-11-10-22-16-4-2-1-3-12(11)16/h1-7,9,11H,8,10H2,(H2,19,20,21). The van der Waals surface area contributed by atoms with E-state index in [4.69, 9.17) is 4.74 Å². The summed E-state index contributed by atoms with van der Waals surface area (Å²) < 4.78 is 5.69. The lowest BCUT2D eigenvalue weighted by atomic mass is 10.0. The summed E-state index contributed by atoms with van der Waals surface area (Å²) in [6.07, 6.45) is 3.38. The van der Waals surface area contributed by atoms with Crippen molar-refractivity contribution >= 4 is 16.6 Å². The maximum absolute atomic E-state index is 11.8. The topological polar surface area (TPSA) is 67.0 Å². The van der Waals surface area contributed by atoms with Crippen LogP contribution in [0.25, 0.3) is 10.9 Å². The minimum Gasteiger partial charge on any atom is -0.493 e. The average molecular weight is 293 g/mol. The predicted octanol–water partition coefficient (Wildman–Crippen LogP) is 2.51. The Labute approximate surface area is 127 Å². The zero-order valence-corrected chi connectivity index (χ0v) is 11.9. The van der Waals surface area contributed by atoms with E-state index >= 15 is 0 Å². The van der Waals surface area contributed by atoms with Crippen LogP contribution in [0.4, 0.5) is 5.69 Å². The number of pyridine rings is 2. The molecule has 1 aliphatic heterocycles. The van der Waals surface area contributed by atoms with Crippen molar-refractivity contribution in [1.29, 1.82) is 0 Å². The number of para-hydroxylation sites is 1. The third-order valence-corrected chi connectivity index (χ3v) is 3.98. The van der Waals surface area contributed by atoms with Gasteiger partial charge in [-0.2, -0.15) is 0 Å². The minimum absolute atomic E-state index is 0.133. The highest BCUT2D eigenvalue weighted by molar-refractivity contribution is 5.90. The Kier molecular flexibility index (Phi) is 3.04. The monoisotopic (exact) mass is 293 g/mol. The number of benzene rings is 1. The van der Waals surface area contributed by atoms with Crippen molar-refractivity contribution in [2.75, 3.05) is 18.5 Å². The first-order chi connectivity index (χ1) is 10.8. The van der Waals surface area contributed by atoms with Gasteiger partial charge >= 0.3 is 0 Å². The highest BCUT2D eigenvalue weighted by Crippen LogP contribution is 2.33. The first-order valence-electron chi connectivity index (χ1n) is 7.24. The number of hydrogen-bond acceptors (Lipinski definition) is 4. The molecule has 1 aromatic carbocycles. The van der Waals surface area contributed by atoms with Gasteiger partial charge in [-0.05, 0) is 12.1 Å². The number of H-pyrrole nitrogens is 1. The fourth-order valence-corrected chi connectivity index (χ4v) is 2.88. The zero-order chi connectivity index (χ0) is 14.9. The Hall–Kier alpha value is -2.82. The van der Waals surface area contributed by atoms with Gasteiger partial charge in [-0.15, -0.1) is 0 Å². The molecule has 2 aromatic heterocycles. The number of rotatable bonds is 3. The summed E-state index contributed by atoms with van der Waals surface area (Å²) in [6, 6.07) is 11.6. The molecule has 0 saturated carbocycles. The lowest BCUT2D eigenvalue weighted by molar-refractivity contribution is 0.334. The molecule has 0 amide bonds. The van der Waals surface area contributed by atoms with Gasteiger partial charge in [-0.25, -0.2) is 0 Å². The number of nitrogens with zero attached hydrogens (tertiary/aromatic N) is 1. The van der Waals surface area contributed by atoms with Crippen LogP contribution in [0, 0.1) is 0 Å². The molecule has 3 aromatic rings. The van der Waals surface area contributed by atoms with E-state index in [1.54, 1.807) is 18.5 Å². The van der Waals surface area contributed by atoms with Crippen molar-refractivity contribution in [2.45, 2.75) is 5.92 Å². The normalized spacial score (nSPS) is 16.3. The third kappa shape index (κ3) is 2.20. The molecule has 0 fully saturated rings. The van der Waals surface area contributed by atoms with Crippen LogP contribution in [-0.4, -0.2) is 23.1 Å². The third-order valence-electron chi connectivity index (χ3n) is 3.98. The Morgan fingerprint density at radius 2 is 2.23 bits per heavy atom. The molecule has 0 bridgehead atoms. The minimum atomic E-state index is -0.133. The van der Waals surface area contributed by atoms with Gasteiger partial charge in [0.2, 0.25) is 0 Å². The summed E-state index contributed by atoms with van der Waals surface area (Å²) >= 11 is 0. The van der Waals surface area contributed by atoms with E-state index in [1.807, 2.05) is 24.3 Å². The number of anilines is 1.